The number of nitrogens with two attached hydrogens (primary N) is 1. The average Bonchev–Trinajstić information content (AvgIpc) is 2.52. The molecule has 1 rings (SSSR count). The number of hydrogen-bond donors (Lipinski definition) is 3. The lowest BCUT2D eigenvalue weighted by atomic mass is 9.93. The lowest BCUT2D eigenvalue weighted by Gasteiger charge is -2.16. The van der Waals surface area contributed by atoms with Gasteiger partial charge in [-0.3, -0.25) is 15.0 Å². The summed E-state index contributed by atoms with van der Waals surface area (Å²) in [5.41, 5.74) is 8.15. The van der Waals surface area contributed by atoms with Crippen molar-refractivity contribution in [1.29, 1.82) is 0 Å². The van der Waals surface area contributed by atoms with Gasteiger partial charge in [-0.2, -0.15) is 5.10 Å². The van der Waals surface area contributed by atoms with Crippen LogP contribution in [0.2, 0.25) is 0 Å². The number of rotatable bonds is 3. The molecule has 6 nitrogen and oxygen atoms in total. The van der Waals surface area contributed by atoms with E-state index < -0.39 is 5.92 Å². The van der Waals surface area contributed by atoms with Gasteiger partial charge in [0.2, 0.25) is 5.91 Å². The van der Waals surface area contributed by atoms with Gasteiger partial charge in [-0.05, 0) is 25.1 Å². The summed E-state index contributed by atoms with van der Waals surface area (Å²) in [6.45, 7) is 5.23. The first-order valence-electron chi connectivity index (χ1n) is 5.28. The molecule has 0 spiro atoms. The van der Waals surface area contributed by atoms with Gasteiger partial charge in [-0.1, -0.05) is 13.8 Å². The number of nitrogens with zero attached hydrogens (tertiary/aromatic N) is 1. The fourth-order valence-corrected chi connectivity index (χ4v) is 1.82. The van der Waals surface area contributed by atoms with Crippen molar-refractivity contribution in [2.75, 3.05) is 0 Å². The lowest BCUT2D eigenvalue weighted by molar-refractivity contribution is -0.129. The number of nitrogens with one attached hydrogen (secondary N) is 2. The first-order valence-corrected chi connectivity index (χ1v) is 5.69. The number of ketones is 1. The molecular weight excluding hydrogens is 240 g/mol. The van der Waals surface area contributed by atoms with Crippen LogP contribution in [-0.2, 0) is 9.59 Å². The molecule has 1 aliphatic rings. The van der Waals surface area contributed by atoms with E-state index in [1.807, 2.05) is 13.8 Å². The van der Waals surface area contributed by atoms with E-state index in [2.05, 4.69) is 28.1 Å². The van der Waals surface area contributed by atoms with Crippen LogP contribution in [0.4, 0.5) is 0 Å². The van der Waals surface area contributed by atoms with Crippen LogP contribution in [0.3, 0.4) is 0 Å². The Morgan fingerprint density at radius 3 is 2.59 bits per heavy atom. The third kappa shape index (κ3) is 3.00. The fourth-order valence-electron chi connectivity index (χ4n) is 1.78. The van der Waals surface area contributed by atoms with Crippen molar-refractivity contribution in [2.45, 2.75) is 26.8 Å². The molecule has 4 N–H and O–H groups in total. The molecule has 17 heavy (non-hydrogen) atoms. The average molecular weight is 256 g/mol. The third-order valence-electron chi connectivity index (χ3n) is 2.54. The molecule has 0 aliphatic carbocycles. The molecule has 94 valence electrons. The van der Waals surface area contributed by atoms with Crippen molar-refractivity contribution in [1.82, 2.24) is 10.7 Å². The Morgan fingerprint density at radius 1 is 1.59 bits per heavy atom. The molecule has 0 bridgehead atoms. The predicted molar refractivity (Wildman–Crippen MR) is 68.3 cm³/mol. The topological polar surface area (TPSA) is 96.6 Å². The molecule has 1 saturated heterocycles. The van der Waals surface area contributed by atoms with Gasteiger partial charge in [0.05, 0.1) is 11.8 Å². The molecule has 0 aromatic rings. The zero-order chi connectivity index (χ0) is 13.2. The van der Waals surface area contributed by atoms with Crippen molar-refractivity contribution >= 4 is 34.7 Å². The number of Topliss-reactive ketones (excluding diaryl/α,β-unsaturated/α-hetero) is 1. The number of hydrazone groups is 1. The summed E-state index contributed by atoms with van der Waals surface area (Å²) in [5, 5.41) is 6.72. The zero-order valence-corrected chi connectivity index (χ0v) is 10.8. The van der Waals surface area contributed by atoms with Crippen molar-refractivity contribution in [2.24, 2.45) is 22.7 Å². The maximum atomic E-state index is 11.7. The number of thiocarbonyl (C=S) groups is 1. The number of carbonyl (C=O) groups excluding carboxylic acids is 2. The van der Waals surface area contributed by atoms with E-state index in [1.54, 1.807) is 0 Å². The second-order valence-electron chi connectivity index (χ2n) is 4.29. The Hall–Kier alpha value is -1.50. The monoisotopic (exact) mass is 256 g/mol. The summed E-state index contributed by atoms with van der Waals surface area (Å²) in [5.74, 6) is -1.27. The minimum absolute atomic E-state index is 0.00153. The van der Waals surface area contributed by atoms with Gasteiger partial charge in [0, 0.05) is 0 Å². The van der Waals surface area contributed by atoms with Gasteiger partial charge in [0.25, 0.3) is 0 Å². The van der Waals surface area contributed by atoms with Crippen molar-refractivity contribution < 1.29 is 9.59 Å². The van der Waals surface area contributed by atoms with Crippen LogP contribution < -0.4 is 16.5 Å². The van der Waals surface area contributed by atoms with E-state index in [1.165, 1.54) is 6.92 Å². The third-order valence-corrected chi connectivity index (χ3v) is 2.63. The highest BCUT2D eigenvalue weighted by Gasteiger charge is 2.43. The molecule has 0 aromatic heterocycles. The van der Waals surface area contributed by atoms with Gasteiger partial charge in [0.1, 0.15) is 11.7 Å². The van der Waals surface area contributed by atoms with E-state index in [9.17, 15) is 9.59 Å². The number of amides is 1. The molecule has 0 radical (unpaired) electrons. The molecular formula is C10H16N4O2S. The molecule has 1 fully saturated rings. The first-order chi connectivity index (χ1) is 7.84. The smallest absolute Gasteiger partial charge is 0.237 e. The maximum Gasteiger partial charge on any atom is 0.237 e. The molecule has 1 amide bonds. The maximum absolute atomic E-state index is 11.7. The van der Waals surface area contributed by atoms with Gasteiger partial charge in [-0.25, -0.2) is 0 Å². The van der Waals surface area contributed by atoms with Crippen LogP contribution in [0.25, 0.3) is 0 Å². The molecule has 1 aliphatic heterocycles. The van der Waals surface area contributed by atoms with E-state index in [-0.39, 0.29) is 28.8 Å². The Kier molecular flexibility index (Phi) is 4.17. The molecule has 0 aromatic carbocycles. The quantitative estimate of drug-likeness (QED) is 0.360. The van der Waals surface area contributed by atoms with Gasteiger partial charge in [0.15, 0.2) is 5.11 Å². The van der Waals surface area contributed by atoms with Crippen LogP contribution >= 0.6 is 12.2 Å². The second kappa shape index (κ2) is 5.22. The minimum Gasteiger partial charge on any atom is -0.375 e. The summed E-state index contributed by atoms with van der Waals surface area (Å²) in [7, 11) is 0. The van der Waals surface area contributed by atoms with Crippen LogP contribution in [-0.4, -0.2) is 28.6 Å². The Labute approximate surface area is 105 Å². The Bertz CT molecular complexity index is 392. The number of carbonyl (C=O) groups is 2. The summed E-state index contributed by atoms with van der Waals surface area (Å²) in [6, 6.07) is -0.266. The summed E-state index contributed by atoms with van der Waals surface area (Å²) >= 11 is 4.64. The molecule has 0 saturated carbocycles. The van der Waals surface area contributed by atoms with Gasteiger partial charge in [-0.15, -0.1) is 0 Å². The van der Waals surface area contributed by atoms with Gasteiger partial charge >= 0.3 is 0 Å². The van der Waals surface area contributed by atoms with Crippen LogP contribution in [0.5, 0.6) is 0 Å². The largest absolute Gasteiger partial charge is 0.375 e. The molecule has 2 atom stereocenters. The van der Waals surface area contributed by atoms with E-state index in [0.29, 0.717) is 5.71 Å². The summed E-state index contributed by atoms with van der Waals surface area (Å²) in [4.78, 5) is 23.1. The van der Waals surface area contributed by atoms with Gasteiger partial charge < -0.3 is 11.1 Å². The highest BCUT2D eigenvalue weighted by Crippen LogP contribution is 2.19. The summed E-state index contributed by atoms with van der Waals surface area (Å²) in [6.07, 6.45) is 0. The van der Waals surface area contributed by atoms with E-state index in [4.69, 9.17) is 5.73 Å². The van der Waals surface area contributed by atoms with E-state index in [0.717, 1.165) is 0 Å². The Morgan fingerprint density at radius 2 is 2.18 bits per heavy atom. The highest BCUT2D eigenvalue weighted by molar-refractivity contribution is 7.80. The Balaban J connectivity index is 3.05. The minimum atomic E-state index is -0.843. The van der Waals surface area contributed by atoms with Crippen LogP contribution in [0, 0.1) is 11.8 Å². The molecule has 1 heterocycles. The van der Waals surface area contributed by atoms with Crippen molar-refractivity contribution in [3.05, 3.63) is 0 Å². The first kappa shape index (κ1) is 13.6. The molecule has 7 heteroatoms. The highest BCUT2D eigenvalue weighted by atomic mass is 32.1. The normalized spacial score (nSPS) is 26.1. The van der Waals surface area contributed by atoms with Crippen LogP contribution in [0.1, 0.15) is 20.8 Å². The lowest BCUT2D eigenvalue weighted by Crippen LogP contribution is -2.36. The standard InChI is InChI=1S/C10H16N4O2S/c1-4(2)7-8(13-14-10(11)17)6(5(3)15)9(16)12-7/h4,6-7H,1-3H3,(H,12,16)(H3,11,14,17). The molecule has 2 unspecified atom stereocenters. The zero-order valence-electron chi connectivity index (χ0n) is 9.98. The predicted octanol–water partition coefficient (Wildman–Crippen LogP) is -0.465. The van der Waals surface area contributed by atoms with Crippen molar-refractivity contribution in [3.8, 4) is 0 Å². The SMILES string of the molecule is CC(=O)C1C(=O)NC(C(C)C)C1=NNC(N)=S. The van der Waals surface area contributed by atoms with Crippen LogP contribution in [0.15, 0.2) is 5.10 Å². The number of hydrogen-bond acceptors (Lipinski definition) is 4. The van der Waals surface area contributed by atoms with E-state index >= 15 is 0 Å². The van der Waals surface area contributed by atoms with Crippen molar-refractivity contribution in [3.63, 3.8) is 0 Å². The summed E-state index contributed by atoms with van der Waals surface area (Å²) < 4.78 is 0. The second-order valence-corrected chi connectivity index (χ2v) is 4.73. The fraction of sp³-hybridized carbons (Fsp3) is 0.600.